The molecular formula is C15H20N2O4. The summed E-state index contributed by atoms with van der Waals surface area (Å²) in [5, 5.41) is 14.0. The second kappa shape index (κ2) is 7.42. The molecule has 0 saturated carbocycles. The molecule has 0 spiro atoms. The number of benzene rings is 1. The number of hydrogen-bond donors (Lipinski definition) is 3. The summed E-state index contributed by atoms with van der Waals surface area (Å²) >= 11 is 0. The molecule has 0 bridgehead atoms. The number of aliphatic carboxylic acids is 1. The summed E-state index contributed by atoms with van der Waals surface area (Å²) in [6.45, 7) is 5.23. The van der Waals surface area contributed by atoms with Gasteiger partial charge in [0.1, 0.15) is 6.04 Å². The standard InChI is InChI=1S/C15H20N2O4/c1-9(2)8-13(14(19)20)17-15(21)16-12-6-4-11(5-7-12)10(3)18/h4-7,9,13H,8H2,1-3H3,(H,19,20)(H2,16,17,21)/t13-/m0/s1. The fourth-order valence-corrected chi connectivity index (χ4v) is 1.81. The molecule has 0 saturated heterocycles. The first-order valence-corrected chi connectivity index (χ1v) is 6.71. The summed E-state index contributed by atoms with van der Waals surface area (Å²) in [6, 6.07) is 4.87. The highest BCUT2D eigenvalue weighted by Gasteiger charge is 2.20. The molecule has 0 radical (unpaired) electrons. The molecule has 0 heterocycles. The third-order valence-electron chi connectivity index (χ3n) is 2.86. The van der Waals surface area contributed by atoms with Crippen molar-refractivity contribution in [2.75, 3.05) is 5.32 Å². The van der Waals surface area contributed by atoms with Crippen molar-refractivity contribution in [3.05, 3.63) is 29.8 Å². The third-order valence-corrected chi connectivity index (χ3v) is 2.86. The van der Waals surface area contributed by atoms with Crippen molar-refractivity contribution in [3.8, 4) is 0 Å². The molecular weight excluding hydrogens is 272 g/mol. The van der Waals surface area contributed by atoms with E-state index in [1.165, 1.54) is 6.92 Å². The van der Waals surface area contributed by atoms with E-state index in [-0.39, 0.29) is 11.7 Å². The van der Waals surface area contributed by atoms with Crippen LogP contribution in [0.25, 0.3) is 0 Å². The number of anilines is 1. The molecule has 0 aliphatic heterocycles. The van der Waals surface area contributed by atoms with Gasteiger partial charge in [0.05, 0.1) is 0 Å². The van der Waals surface area contributed by atoms with Crippen LogP contribution in [0.3, 0.4) is 0 Å². The zero-order chi connectivity index (χ0) is 16.0. The Labute approximate surface area is 123 Å². The molecule has 6 heteroatoms. The number of urea groups is 1. The van der Waals surface area contributed by atoms with Crippen molar-refractivity contribution < 1.29 is 19.5 Å². The number of hydrogen-bond acceptors (Lipinski definition) is 3. The lowest BCUT2D eigenvalue weighted by atomic mass is 10.0. The van der Waals surface area contributed by atoms with Crippen LogP contribution in [0.15, 0.2) is 24.3 Å². The average molecular weight is 292 g/mol. The van der Waals surface area contributed by atoms with Gasteiger partial charge in [0.2, 0.25) is 0 Å². The highest BCUT2D eigenvalue weighted by molar-refractivity contribution is 5.96. The monoisotopic (exact) mass is 292 g/mol. The van der Waals surface area contributed by atoms with Gasteiger partial charge in [-0.3, -0.25) is 4.79 Å². The molecule has 21 heavy (non-hydrogen) atoms. The Kier molecular flexibility index (Phi) is 5.90. The Hall–Kier alpha value is -2.37. The van der Waals surface area contributed by atoms with Gasteiger partial charge in [0.25, 0.3) is 0 Å². The van der Waals surface area contributed by atoms with Crippen LogP contribution in [0.5, 0.6) is 0 Å². The van der Waals surface area contributed by atoms with Gasteiger partial charge in [-0.25, -0.2) is 9.59 Å². The minimum Gasteiger partial charge on any atom is -0.480 e. The lowest BCUT2D eigenvalue weighted by molar-refractivity contribution is -0.139. The van der Waals surface area contributed by atoms with E-state index in [9.17, 15) is 14.4 Å². The smallest absolute Gasteiger partial charge is 0.326 e. The molecule has 0 aliphatic carbocycles. The van der Waals surface area contributed by atoms with Gasteiger partial charge >= 0.3 is 12.0 Å². The quantitative estimate of drug-likeness (QED) is 0.702. The summed E-state index contributed by atoms with van der Waals surface area (Å²) in [7, 11) is 0. The predicted molar refractivity (Wildman–Crippen MR) is 79.5 cm³/mol. The largest absolute Gasteiger partial charge is 0.480 e. The van der Waals surface area contributed by atoms with Crippen molar-refractivity contribution >= 4 is 23.5 Å². The normalized spacial score (nSPS) is 11.8. The van der Waals surface area contributed by atoms with Crippen molar-refractivity contribution in [3.63, 3.8) is 0 Å². The highest BCUT2D eigenvalue weighted by Crippen LogP contribution is 2.10. The van der Waals surface area contributed by atoms with Gasteiger partial charge in [-0.2, -0.15) is 0 Å². The van der Waals surface area contributed by atoms with Crippen molar-refractivity contribution in [1.29, 1.82) is 0 Å². The van der Waals surface area contributed by atoms with Gasteiger partial charge in [0.15, 0.2) is 5.78 Å². The number of nitrogens with one attached hydrogen (secondary N) is 2. The van der Waals surface area contributed by atoms with Crippen LogP contribution in [0.4, 0.5) is 10.5 Å². The van der Waals surface area contributed by atoms with Gasteiger partial charge in [-0.05, 0) is 43.5 Å². The Morgan fingerprint density at radius 3 is 2.14 bits per heavy atom. The van der Waals surface area contributed by atoms with Crippen LogP contribution in [-0.4, -0.2) is 28.9 Å². The predicted octanol–water partition coefficient (Wildman–Crippen LogP) is 2.51. The summed E-state index contributed by atoms with van der Waals surface area (Å²) in [4.78, 5) is 34.0. The van der Waals surface area contributed by atoms with E-state index in [0.29, 0.717) is 17.7 Å². The lowest BCUT2D eigenvalue weighted by Gasteiger charge is -2.17. The van der Waals surface area contributed by atoms with E-state index in [2.05, 4.69) is 10.6 Å². The average Bonchev–Trinajstić information content (AvgIpc) is 2.37. The Balaban J connectivity index is 2.63. The van der Waals surface area contributed by atoms with E-state index < -0.39 is 18.0 Å². The number of carbonyl (C=O) groups excluding carboxylic acids is 2. The molecule has 0 fully saturated rings. The topological polar surface area (TPSA) is 95.5 Å². The SMILES string of the molecule is CC(=O)c1ccc(NC(=O)N[C@@H](CC(C)C)C(=O)O)cc1. The second-order valence-corrected chi connectivity index (χ2v) is 5.25. The van der Waals surface area contributed by atoms with E-state index >= 15 is 0 Å². The van der Waals surface area contributed by atoms with Crippen LogP contribution < -0.4 is 10.6 Å². The minimum absolute atomic E-state index is 0.0612. The van der Waals surface area contributed by atoms with Crippen molar-refractivity contribution in [2.45, 2.75) is 33.2 Å². The van der Waals surface area contributed by atoms with Gasteiger partial charge < -0.3 is 15.7 Å². The molecule has 0 aromatic heterocycles. The fourth-order valence-electron chi connectivity index (χ4n) is 1.81. The highest BCUT2D eigenvalue weighted by atomic mass is 16.4. The maximum Gasteiger partial charge on any atom is 0.326 e. The molecule has 0 aliphatic rings. The van der Waals surface area contributed by atoms with Gasteiger partial charge in [-0.1, -0.05) is 13.8 Å². The second-order valence-electron chi connectivity index (χ2n) is 5.25. The van der Waals surface area contributed by atoms with Gasteiger partial charge in [0, 0.05) is 11.3 Å². The van der Waals surface area contributed by atoms with Gasteiger partial charge in [-0.15, -0.1) is 0 Å². The van der Waals surface area contributed by atoms with Crippen LogP contribution in [0, 0.1) is 5.92 Å². The number of ketones is 1. The van der Waals surface area contributed by atoms with Crippen LogP contribution >= 0.6 is 0 Å². The van der Waals surface area contributed by atoms with Crippen LogP contribution in [0.2, 0.25) is 0 Å². The molecule has 2 amide bonds. The zero-order valence-corrected chi connectivity index (χ0v) is 12.3. The van der Waals surface area contributed by atoms with E-state index in [0.717, 1.165) is 0 Å². The van der Waals surface area contributed by atoms with E-state index in [1.807, 2.05) is 13.8 Å². The number of amides is 2. The Morgan fingerprint density at radius 1 is 1.14 bits per heavy atom. The molecule has 3 N–H and O–H groups in total. The number of carbonyl (C=O) groups is 3. The first-order chi connectivity index (χ1) is 9.79. The first kappa shape index (κ1) is 16.7. The first-order valence-electron chi connectivity index (χ1n) is 6.71. The maximum absolute atomic E-state index is 11.8. The van der Waals surface area contributed by atoms with Crippen molar-refractivity contribution in [1.82, 2.24) is 5.32 Å². The molecule has 6 nitrogen and oxygen atoms in total. The minimum atomic E-state index is -1.06. The fraction of sp³-hybridized carbons (Fsp3) is 0.400. The number of carboxylic acids is 1. The van der Waals surface area contributed by atoms with Crippen molar-refractivity contribution in [2.24, 2.45) is 5.92 Å². The molecule has 1 aromatic rings. The van der Waals surface area contributed by atoms with Crippen LogP contribution in [0.1, 0.15) is 37.6 Å². The molecule has 0 unspecified atom stereocenters. The Morgan fingerprint density at radius 2 is 1.71 bits per heavy atom. The Bertz CT molecular complexity index is 523. The summed E-state index contributed by atoms with van der Waals surface area (Å²) in [5.41, 5.74) is 1.04. The maximum atomic E-state index is 11.8. The third kappa shape index (κ3) is 5.64. The number of carboxylic acid groups (broad SMARTS) is 1. The number of rotatable bonds is 6. The summed E-state index contributed by atoms with van der Waals surface area (Å²) in [5.74, 6) is -0.971. The molecule has 1 aromatic carbocycles. The summed E-state index contributed by atoms with van der Waals surface area (Å²) in [6.07, 6.45) is 0.353. The van der Waals surface area contributed by atoms with E-state index in [1.54, 1.807) is 24.3 Å². The summed E-state index contributed by atoms with van der Waals surface area (Å²) < 4.78 is 0. The molecule has 1 rings (SSSR count). The zero-order valence-electron chi connectivity index (χ0n) is 12.3. The lowest BCUT2D eigenvalue weighted by Crippen LogP contribution is -2.43. The molecule has 1 atom stereocenters. The number of Topliss-reactive ketones (excluding diaryl/α,β-unsaturated/α-hetero) is 1. The van der Waals surface area contributed by atoms with E-state index in [4.69, 9.17) is 5.11 Å². The van der Waals surface area contributed by atoms with Crippen LogP contribution in [-0.2, 0) is 4.79 Å². The molecule has 114 valence electrons.